The molecule has 0 fully saturated rings. The molecule has 1 N–H and O–H groups in total. The molecule has 0 saturated carbocycles. The van der Waals surface area contributed by atoms with Crippen LogP contribution in [0.3, 0.4) is 0 Å². The second-order valence-electron chi connectivity index (χ2n) is 3.49. The average molecular weight is 230 g/mol. The van der Waals surface area contributed by atoms with Crippen LogP contribution in [-0.4, -0.2) is 10.8 Å². The van der Waals surface area contributed by atoms with Crippen molar-refractivity contribution in [3.63, 3.8) is 0 Å². The van der Waals surface area contributed by atoms with E-state index in [1.165, 1.54) is 0 Å². The molecular formula is C8H18CrO4. The maximum atomic E-state index is 10.2. The van der Waals surface area contributed by atoms with Crippen LogP contribution in [0.2, 0.25) is 0 Å². The summed E-state index contributed by atoms with van der Waals surface area (Å²) in [5, 5.41) is 0. The number of hydrogen-bond donors (Lipinski definition) is 1. The molecule has 13 heavy (non-hydrogen) atoms. The molecule has 0 atom stereocenters. The standard InChI is InChI=1S/C8H17O.Cr.H2O.2O/c1-8(2)6-4-3-5-7-9;;;;/h8H,3-7H2,1-2H3;;1H2;;/q-1;+2;;;/p-1. The van der Waals surface area contributed by atoms with E-state index in [9.17, 15) is 7.61 Å². The zero-order valence-electron chi connectivity index (χ0n) is 8.19. The first-order valence-corrected chi connectivity index (χ1v) is 6.67. The molecule has 80 valence electrons. The molecule has 0 aliphatic heterocycles. The molecule has 0 unspecified atom stereocenters. The van der Waals surface area contributed by atoms with E-state index in [1.807, 2.05) is 0 Å². The summed E-state index contributed by atoms with van der Waals surface area (Å²) in [6.07, 6.45) is 3.88. The van der Waals surface area contributed by atoms with Gasteiger partial charge in [-0.25, -0.2) is 0 Å². The van der Waals surface area contributed by atoms with E-state index in [-0.39, 0.29) is 6.61 Å². The minimum absolute atomic E-state index is 0.113. The Hall–Kier alpha value is 0.0525. The normalized spacial score (nSPS) is 12.3. The molecule has 0 aromatic heterocycles. The molecule has 0 saturated heterocycles. The first-order chi connectivity index (χ1) is 5.92. The van der Waals surface area contributed by atoms with E-state index in [0.717, 1.165) is 19.3 Å². The summed E-state index contributed by atoms with van der Waals surface area (Å²) in [7, 11) is 0. The third-order valence-corrected chi connectivity index (χ3v) is 2.38. The molecule has 0 amide bonds. The van der Waals surface area contributed by atoms with E-state index in [4.69, 9.17) is 4.16 Å². The summed E-state index contributed by atoms with van der Waals surface area (Å²) in [6, 6.07) is 0. The monoisotopic (exact) mass is 230 g/mol. The SMILES string of the molecule is CC(C)CCCCC[O][Cr](=[O])(=[O])[OH]. The van der Waals surface area contributed by atoms with Gasteiger partial charge in [0, 0.05) is 0 Å². The first-order valence-electron chi connectivity index (χ1n) is 4.53. The van der Waals surface area contributed by atoms with Crippen molar-refractivity contribution in [3.05, 3.63) is 0 Å². The summed E-state index contributed by atoms with van der Waals surface area (Å²) in [5.74, 6) is 0.687. The predicted octanol–water partition coefficient (Wildman–Crippen LogP) is 1.89. The second kappa shape index (κ2) is 6.50. The van der Waals surface area contributed by atoms with Crippen LogP contribution in [-0.2, 0) is 25.0 Å². The van der Waals surface area contributed by atoms with Crippen LogP contribution in [0.5, 0.6) is 0 Å². The third kappa shape index (κ3) is 12.1. The molecule has 0 aliphatic carbocycles. The molecule has 0 heterocycles. The molecule has 0 aromatic rings. The van der Waals surface area contributed by atoms with Gasteiger partial charge in [0.1, 0.15) is 0 Å². The second-order valence-corrected chi connectivity index (χ2v) is 5.20. The van der Waals surface area contributed by atoms with Crippen molar-refractivity contribution in [1.82, 2.24) is 0 Å². The van der Waals surface area contributed by atoms with Gasteiger partial charge < -0.3 is 0 Å². The van der Waals surface area contributed by atoms with Gasteiger partial charge >= 0.3 is 81.2 Å². The van der Waals surface area contributed by atoms with E-state index >= 15 is 0 Å². The van der Waals surface area contributed by atoms with Crippen molar-refractivity contribution in [3.8, 4) is 0 Å². The van der Waals surface area contributed by atoms with Gasteiger partial charge in [-0.1, -0.05) is 0 Å². The van der Waals surface area contributed by atoms with Crippen LogP contribution in [0.25, 0.3) is 0 Å². The molecule has 0 bridgehead atoms. The summed E-state index contributed by atoms with van der Waals surface area (Å²) in [6.45, 7) is 4.41. The molecule has 0 spiro atoms. The van der Waals surface area contributed by atoms with Crippen LogP contribution < -0.4 is 0 Å². The summed E-state index contributed by atoms with van der Waals surface area (Å²) in [4.78, 5) is 0. The van der Waals surface area contributed by atoms with Crippen molar-refractivity contribution >= 4 is 0 Å². The zero-order chi connectivity index (χ0) is 10.3. The number of rotatable bonds is 7. The van der Waals surface area contributed by atoms with Crippen LogP contribution in [0.15, 0.2) is 0 Å². The van der Waals surface area contributed by atoms with Crippen LogP contribution in [0.1, 0.15) is 39.5 Å². The zero-order valence-corrected chi connectivity index (χ0v) is 9.47. The Morgan fingerprint density at radius 3 is 2.31 bits per heavy atom. The fourth-order valence-corrected chi connectivity index (χ4v) is 1.51. The molecule has 0 aromatic carbocycles. The molecule has 0 aliphatic rings. The average Bonchev–Trinajstić information content (AvgIpc) is 1.93. The van der Waals surface area contributed by atoms with Crippen LogP contribution >= 0.6 is 0 Å². The van der Waals surface area contributed by atoms with Gasteiger partial charge in [-0.3, -0.25) is 0 Å². The molecular weight excluding hydrogens is 212 g/mol. The molecule has 4 nitrogen and oxygen atoms in total. The third-order valence-electron chi connectivity index (χ3n) is 1.66. The van der Waals surface area contributed by atoms with Crippen molar-refractivity contribution in [2.24, 2.45) is 5.92 Å². The number of hydrogen-bond acceptors (Lipinski definition) is 3. The molecule has 0 rings (SSSR count). The Balaban J connectivity index is 3.18. The predicted molar refractivity (Wildman–Crippen MR) is 42.8 cm³/mol. The molecule has 0 radical (unpaired) electrons. The minimum atomic E-state index is -4.90. The van der Waals surface area contributed by atoms with Gasteiger partial charge in [0.25, 0.3) is 0 Å². The van der Waals surface area contributed by atoms with E-state index in [2.05, 4.69) is 17.6 Å². The van der Waals surface area contributed by atoms with E-state index in [1.54, 1.807) is 0 Å². The Bertz CT molecular complexity index is 208. The fraction of sp³-hybridized carbons (Fsp3) is 1.00. The van der Waals surface area contributed by atoms with Crippen LogP contribution in [0, 0.1) is 5.92 Å². The quantitative estimate of drug-likeness (QED) is 0.678. The van der Waals surface area contributed by atoms with E-state index in [0.29, 0.717) is 12.3 Å². The molecule has 5 heteroatoms. The Kier molecular flexibility index (Phi) is 6.52. The van der Waals surface area contributed by atoms with Gasteiger partial charge in [-0.2, -0.15) is 0 Å². The first kappa shape index (κ1) is 13.1. The van der Waals surface area contributed by atoms with Crippen molar-refractivity contribution in [2.75, 3.05) is 6.61 Å². The van der Waals surface area contributed by atoms with Gasteiger partial charge in [0.05, 0.1) is 0 Å². The van der Waals surface area contributed by atoms with Gasteiger partial charge in [0.2, 0.25) is 0 Å². The number of unbranched alkanes of at least 4 members (excludes halogenated alkanes) is 2. The summed E-state index contributed by atoms with van der Waals surface area (Å²) < 4.78 is 32.9. The Morgan fingerprint density at radius 1 is 1.23 bits per heavy atom. The maximum absolute atomic E-state index is 10.2. The summed E-state index contributed by atoms with van der Waals surface area (Å²) >= 11 is -4.90. The van der Waals surface area contributed by atoms with Crippen molar-refractivity contribution in [2.45, 2.75) is 39.5 Å². The fourth-order valence-electron chi connectivity index (χ4n) is 0.996. The van der Waals surface area contributed by atoms with Gasteiger partial charge in [0.15, 0.2) is 0 Å². The van der Waals surface area contributed by atoms with E-state index < -0.39 is 13.6 Å². The van der Waals surface area contributed by atoms with Crippen molar-refractivity contribution in [1.29, 1.82) is 0 Å². The van der Waals surface area contributed by atoms with Gasteiger partial charge in [-0.05, 0) is 0 Å². The Labute approximate surface area is 81.7 Å². The Morgan fingerprint density at radius 2 is 1.85 bits per heavy atom. The van der Waals surface area contributed by atoms with Crippen LogP contribution in [0.4, 0.5) is 0 Å². The van der Waals surface area contributed by atoms with Crippen molar-refractivity contribution < 1.29 is 29.2 Å². The summed E-state index contributed by atoms with van der Waals surface area (Å²) in [5.41, 5.74) is 0. The van der Waals surface area contributed by atoms with Gasteiger partial charge in [-0.15, -0.1) is 0 Å². The topological polar surface area (TPSA) is 63.6 Å².